The van der Waals surface area contributed by atoms with Crippen molar-refractivity contribution in [2.24, 2.45) is 0 Å². The van der Waals surface area contributed by atoms with E-state index in [1.54, 1.807) is 24.3 Å². The molecule has 1 amide bonds. The first-order chi connectivity index (χ1) is 12.6. The molecule has 6 nitrogen and oxygen atoms in total. The second kappa shape index (κ2) is 7.60. The number of benzene rings is 2. The molecule has 1 aromatic heterocycles. The van der Waals surface area contributed by atoms with Crippen LogP contribution < -0.4 is 15.6 Å². The fraction of sp³-hybridized carbons (Fsp3) is 0.105. The molecular weight excluding hydrogens is 337 g/mol. The highest BCUT2D eigenvalue weighted by atomic mass is 19.1. The Labute approximate surface area is 148 Å². The van der Waals surface area contributed by atoms with E-state index in [0.717, 1.165) is 4.68 Å². The molecule has 0 saturated carbocycles. The number of hydrogen-bond donors (Lipinski definition) is 1. The molecule has 0 spiro atoms. The molecule has 0 bridgehead atoms. The number of rotatable bonds is 5. The normalized spacial score (nSPS) is 10.4. The van der Waals surface area contributed by atoms with E-state index in [1.807, 2.05) is 12.1 Å². The molecule has 0 atom stereocenters. The van der Waals surface area contributed by atoms with Crippen molar-refractivity contribution in [3.05, 3.63) is 76.8 Å². The van der Waals surface area contributed by atoms with Crippen LogP contribution >= 0.6 is 0 Å². The van der Waals surface area contributed by atoms with Crippen LogP contribution in [0.4, 0.5) is 10.1 Å². The zero-order valence-corrected chi connectivity index (χ0v) is 14.0. The molecule has 1 N–H and O–H groups in total. The summed E-state index contributed by atoms with van der Waals surface area (Å²) in [6.07, 6.45) is 0. The van der Waals surface area contributed by atoms with Crippen LogP contribution in [0.5, 0.6) is 5.75 Å². The van der Waals surface area contributed by atoms with E-state index in [4.69, 9.17) is 4.74 Å². The summed E-state index contributed by atoms with van der Waals surface area (Å²) in [5.41, 5.74) is 0.790. The van der Waals surface area contributed by atoms with Crippen LogP contribution in [0.2, 0.25) is 0 Å². The lowest BCUT2D eigenvalue weighted by Gasteiger charge is -2.10. The fourth-order valence-corrected chi connectivity index (χ4v) is 2.45. The number of aromatic nitrogens is 2. The second-order valence-corrected chi connectivity index (χ2v) is 5.44. The van der Waals surface area contributed by atoms with Gasteiger partial charge in [0.15, 0.2) is 0 Å². The van der Waals surface area contributed by atoms with Gasteiger partial charge in [-0.25, -0.2) is 9.07 Å². The Morgan fingerprint density at radius 1 is 1.12 bits per heavy atom. The SMILES string of the molecule is COc1ccccc1-c1ccc(=O)n(CC(=O)Nc2ccccc2F)n1. The number of nitrogens with zero attached hydrogens (tertiary/aromatic N) is 2. The maximum atomic E-state index is 13.6. The number of nitrogens with one attached hydrogen (secondary N) is 1. The molecule has 1 heterocycles. The molecule has 0 saturated heterocycles. The summed E-state index contributed by atoms with van der Waals surface area (Å²) >= 11 is 0. The standard InChI is InChI=1S/C19H16FN3O3/c1-26-17-9-5-2-6-13(17)15-10-11-19(25)23(22-15)12-18(24)21-16-8-4-3-7-14(16)20/h2-11H,12H2,1H3,(H,21,24). The van der Waals surface area contributed by atoms with Crippen molar-refractivity contribution < 1.29 is 13.9 Å². The highest BCUT2D eigenvalue weighted by Gasteiger charge is 2.12. The highest BCUT2D eigenvalue weighted by Crippen LogP contribution is 2.27. The lowest BCUT2D eigenvalue weighted by molar-refractivity contribution is -0.117. The molecule has 0 aliphatic heterocycles. The van der Waals surface area contributed by atoms with E-state index >= 15 is 0 Å². The van der Waals surface area contributed by atoms with Crippen LogP contribution in [0.15, 0.2) is 65.5 Å². The fourth-order valence-electron chi connectivity index (χ4n) is 2.45. The minimum atomic E-state index is -0.554. The van der Waals surface area contributed by atoms with E-state index in [0.29, 0.717) is 17.0 Å². The molecule has 0 unspecified atom stereocenters. The van der Waals surface area contributed by atoms with Crippen molar-refractivity contribution in [1.29, 1.82) is 0 Å². The Morgan fingerprint density at radius 2 is 1.85 bits per heavy atom. The number of ether oxygens (including phenoxy) is 1. The summed E-state index contributed by atoms with van der Waals surface area (Å²) in [5.74, 6) is -0.508. The van der Waals surface area contributed by atoms with Crippen molar-refractivity contribution >= 4 is 11.6 Å². The zero-order chi connectivity index (χ0) is 18.5. The smallest absolute Gasteiger partial charge is 0.267 e. The number of carbonyl (C=O) groups excluding carboxylic acids is 1. The van der Waals surface area contributed by atoms with Crippen LogP contribution in [0.1, 0.15) is 0 Å². The Morgan fingerprint density at radius 3 is 2.62 bits per heavy atom. The van der Waals surface area contributed by atoms with Crippen molar-refractivity contribution in [2.45, 2.75) is 6.54 Å². The van der Waals surface area contributed by atoms with Gasteiger partial charge < -0.3 is 10.1 Å². The molecule has 0 aliphatic rings. The summed E-state index contributed by atoms with van der Waals surface area (Å²) in [5, 5.41) is 6.65. The molecular formula is C19H16FN3O3. The number of amides is 1. The minimum absolute atomic E-state index is 0.0476. The summed E-state index contributed by atoms with van der Waals surface area (Å²) in [4.78, 5) is 24.2. The summed E-state index contributed by atoms with van der Waals surface area (Å²) in [6, 6.07) is 15.9. The number of anilines is 1. The maximum absolute atomic E-state index is 13.6. The first-order valence-electron chi connectivity index (χ1n) is 7.84. The van der Waals surface area contributed by atoms with Gasteiger partial charge in [-0.2, -0.15) is 5.10 Å². The van der Waals surface area contributed by atoms with Gasteiger partial charge in [-0.15, -0.1) is 0 Å². The van der Waals surface area contributed by atoms with Crippen molar-refractivity contribution in [1.82, 2.24) is 9.78 Å². The molecule has 132 valence electrons. The number of para-hydroxylation sites is 2. The van der Waals surface area contributed by atoms with Gasteiger partial charge in [-0.3, -0.25) is 9.59 Å². The predicted molar refractivity (Wildman–Crippen MR) is 95.5 cm³/mol. The Balaban J connectivity index is 1.85. The van der Waals surface area contributed by atoms with Crippen LogP contribution in [0.3, 0.4) is 0 Å². The van der Waals surface area contributed by atoms with E-state index in [1.165, 1.54) is 31.4 Å². The van der Waals surface area contributed by atoms with Crippen LogP contribution in [0, 0.1) is 5.82 Å². The number of hydrogen-bond acceptors (Lipinski definition) is 4. The van der Waals surface area contributed by atoms with E-state index in [9.17, 15) is 14.0 Å². The van der Waals surface area contributed by atoms with Gasteiger partial charge >= 0.3 is 0 Å². The molecule has 3 rings (SSSR count). The predicted octanol–water partition coefficient (Wildman–Crippen LogP) is 2.70. The molecule has 0 fully saturated rings. The van der Waals surface area contributed by atoms with Gasteiger partial charge in [-0.1, -0.05) is 24.3 Å². The molecule has 26 heavy (non-hydrogen) atoms. The average Bonchev–Trinajstić information content (AvgIpc) is 2.65. The first-order valence-corrected chi connectivity index (χ1v) is 7.84. The zero-order valence-electron chi connectivity index (χ0n) is 14.0. The Hall–Kier alpha value is -3.48. The third-order valence-corrected chi connectivity index (χ3v) is 3.69. The minimum Gasteiger partial charge on any atom is -0.496 e. The van der Waals surface area contributed by atoms with Gasteiger partial charge in [0.05, 0.1) is 18.5 Å². The first kappa shape index (κ1) is 17.3. The number of methoxy groups -OCH3 is 1. The molecule has 2 aromatic carbocycles. The van der Waals surface area contributed by atoms with E-state index in [2.05, 4.69) is 10.4 Å². The topological polar surface area (TPSA) is 73.2 Å². The van der Waals surface area contributed by atoms with Crippen LogP contribution in [0.25, 0.3) is 11.3 Å². The lowest BCUT2D eigenvalue weighted by atomic mass is 10.1. The third kappa shape index (κ3) is 3.77. The Bertz CT molecular complexity index is 1000. The molecule has 0 aliphatic carbocycles. The van der Waals surface area contributed by atoms with Gasteiger partial charge in [0.1, 0.15) is 18.1 Å². The summed E-state index contributed by atoms with van der Waals surface area (Å²) in [7, 11) is 1.54. The summed E-state index contributed by atoms with van der Waals surface area (Å²) < 4.78 is 19.9. The Kier molecular flexibility index (Phi) is 5.07. The lowest BCUT2D eigenvalue weighted by Crippen LogP contribution is -2.29. The average molecular weight is 353 g/mol. The van der Waals surface area contributed by atoms with E-state index < -0.39 is 17.3 Å². The molecule has 7 heteroatoms. The van der Waals surface area contributed by atoms with Crippen LogP contribution in [-0.4, -0.2) is 22.8 Å². The van der Waals surface area contributed by atoms with Gasteiger partial charge in [0.25, 0.3) is 5.56 Å². The van der Waals surface area contributed by atoms with Gasteiger partial charge in [-0.05, 0) is 30.3 Å². The van der Waals surface area contributed by atoms with Crippen molar-refractivity contribution in [3.63, 3.8) is 0 Å². The quantitative estimate of drug-likeness (QED) is 0.765. The summed E-state index contributed by atoms with van der Waals surface area (Å²) in [6.45, 7) is -0.337. The third-order valence-electron chi connectivity index (χ3n) is 3.69. The largest absolute Gasteiger partial charge is 0.496 e. The monoisotopic (exact) mass is 353 g/mol. The highest BCUT2D eigenvalue weighted by molar-refractivity contribution is 5.90. The van der Waals surface area contributed by atoms with Gasteiger partial charge in [0.2, 0.25) is 5.91 Å². The molecule has 0 radical (unpaired) electrons. The van der Waals surface area contributed by atoms with Crippen LogP contribution in [-0.2, 0) is 11.3 Å². The van der Waals surface area contributed by atoms with Gasteiger partial charge in [0, 0.05) is 11.6 Å². The van der Waals surface area contributed by atoms with E-state index in [-0.39, 0.29) is 12.2 Å². The number of carbonyl (C=O) groups is 1. The molecule has 3 aromatic rings. The maximum Gasteiger partial charge on any atom is 0.267 e. The van der Waals surface area contributed by atoms with Crippen molar-refractivity contribution in [2.75, 3.05) is 12.4 Å². The second-order valence-electron chi connectivity index (χ2n) is 5.44. The van der Waals surface area contributed by atoms with Crippen molar-refractivity contribution in [3.8, 4) is 17.0 Å². The number of halogens is 1.